The smallest absolute Gasteiger partial charge is 0.191 e. The van der Waals surface area contributed by atoms with Crippen LogP contribution in [0.25, 0.3) is 0 Å². The number of likely N-dealkylation sites (tertiary alicyclic amines) is 1. The second-order valence-electron chi connectivity index (χ2n) is 7.14. The lowest BCUT2D eigenvalue weighted by molar-refractivity contribution is 0.175. The highest BCUT2D eigenvalue weighted by Gasteiger charge is 2.26. The molecule has 25 heavy (non-hydrogen) atoms. The number of nitrogens with one attached hydrogen (secondary N) is 2. The van der Waals surface area contributed by atoms with Gasteiger partial charge in [0, 0.05) is 38.8 Å². The fourth-order valence-electron chi connectivity index (χ4n) is 3.52. The van der Waals surface area contributed by atoms with Crippen molar-refractivity contribution in [1.29, 1.82) is 0 Å². The number of hydrogen-bond donors (Lipinski definition) is 3. The van der Waals surface area contributed by atoms with Crippen molar-refractivity contribution in [3.63, 3.8) is 0 Å². The van der Waals surface area contributed by atoms with E-state index in [9.17, 15) is 5.11 Å². The van der Waals surface area contributed by atoms with Crippen LogP contribution in [0.1, 0.15) is 66.2 Å². The Labute approximate surface area is 172 Å². The summed E-state index contributed by atoms with van der Waals surface area (Å²) in [5, 5.41) is 16.4. The van der Waals surface area contributed by atoms with Crippen LogP contribution in [0.15, 0.2) is 4.99 Å². The lowest BCUT2D eigenvalue weighted by atomic mass is 9.79. The highest BCUT2D eigenvalue weighted by molar-refractivity contribution is 14.0. The maximum Gasteiger partial charge on any atom is 0.191 e. The second-order valence-corrected chi connectivity index (χ2v) is 7.14. The van der Waals surface area contributed by atoms with Gasteiger partial charge in [-0.3, -0.25) is 4.99 Å². The first kappa shape index (κ1) is 24.9. The molecule has 0 radical (unpaired) electrons. The van der Waals surface area contributed by atoms with E-state index >= 15 is 0 Å². The molecule has 1 rings (SSSR count). The van der Waals surface area contributed by atoms with Crippen LogP contribution in [0.5, 0.6) is 0 Å². The van der Waals surface area contributed by atoms with E-state index in [1.54, 1.807) is 0 Å². The Balaban J connectivity index is 0.00000576. The van der Waals surface area contributed by atoms with Gasteiger partial charge in [0.05, 0.1) is 0 Å². The zero-order valence-corrected chi connectivity index (χ0v) is 19.1. The minimum Gasteiger partial charge on any atom is -0.396 e. The van der Waals surface area contributed by atoms with Crippen LogP contribution in [0.3, 0.4) is 0 Å². The Bertz CT molecular complexity index is 353. The van der Waals surface area contributed by atoms with Crippen LogP contribution in [0.2, 0.25) is 0 Å². The summed E-state index contributed by atoms with van der Waals surface area (Å²) in [5.74, 6) is 0.940. The molecule has 5 nitrogen and oxygen atoms in total. The maximum atomic E-state index is 9.38. The number of aliphatic hydroxyl groups is 1. The first-order valence-corrected chi connectivity index (χ1v) is 10.0. The summed E-state index contributed by atoms with van der Waals surface area (Å²) in [4.78, 5) is 7.42. The van der Waals surface area contributed by atoms with Gasteiger partial charge < -0.3 is 20.6 Å². The molecule has 1 saturated heterocycles. The number of hydrogen-bond acceptors (Lipinski definition) is 3. The monoisotopic (exact) mass is 468 g/mol. The summed E-state index contributed by atoms with van der Waals surface area (Å²) in [7, 11) is 0. The van der Waals surface area contributed by atoms with Crippen molar-refractivity contribution in [1.82, 2.24) is 15.5 Å². The van der Waals surface area contributed by atoms with Gasteiger partial charge in [0.1, 0.15) is 0 Å². The summed E-state index contributed by atoms with van der Waals surface area (Å²) >= 11 is 0. The lowest BCUT2D eigenvalue weighted by Gasteiger charge is -2.33. The van der Waals surface area contributed by atoms with Crippen molar-refractivity contribution in [2.45, 2.75) is 72.3 Å². The van der Waals surface area contributed by atoms with Crippen LogP contribution in [-0.2, 0) is 0 Å². The number of aliphatic hydroxyl groups excluding tert-OH is 1. The minimum absolute atomic E-state index is 0. The highest BCUT2D eigenvalue weighted by Crippen LogP contribution is 2.30. The molecule has 0 spiro atoms. The topological polar surface area (TPSA) is 59.9 Å². The van der Waals surface area contributed by atoms with Crippen LogP contribution in [-0.4, -0.2) is 61.3 Å². The first-order valence-electron chi connectivity index (χ1n) is 10.0. The molecule has 0 atom stereocenters. The van der Waals surface area contributed by atoms with Crippen molar-refractivity contribution in [2.75, 3.05) is 39.3 Å². The molecule has 0 aliphatic carbocycles. The summed E-state index contributed by atoms with van der Waals surface area (Å²) in [6, 6.07) is 0.520. The summed E-state index contributed by atoms with van der Waals surface area (Å²) in [5.41, 5.74) is 0.127. The summed E-state index contributed by atoms with van der Waals surface area (Å²) < 4.78 is 0. The quantitative estimate of drug-likeness (QED) is 0.262. The lowest BCUT2D eigenvalue weighted by Crippen LogP contribution is -2.49. The van der Waals surface area contributed by atoms with Crippen LogP contribution in [0, 0.1) is 5.41 Å². The van der Waals surface area contributed by atoms with Crippen LogP contribution >= 0.6 is 24.0 Å². The molecular formula is C19H41IN4O. The van der Waals surface area contributed by atoms with E-state index in [1.165, 1.54) is 38.9 Å². The average Bonchev–Trinajstić information content (AvgIpc) is 2.60. The van der Waals surface area contributed by atoms with Crippen LogP contribution in [0.4, 0.5) is 0 Å². The summed E-state index contributed by atoms with van der Waals surface area (Å²) in [6.45, 7) is 14.3. The molecule has 0 aromatic rings. The zero-order valence-electron chi connectivity index (χ0n) is 16.8. The molecular weight excluding hydrogens is 427 g/mol. The molecule has 0 saturated carbocycles. The van der Waals surface area contributed by atoms with E-state index in [0.29, 0.717) is 6.04 Å². The first-order chi connectivity index (χ1) is 11.6. The molecule has 1 aliphatic heterocycles. The number of aliphatic imine (C=N–C) groups is 1. The van der Waals surface area contributed by atoms with Crippen molar-refractivity contribution in [2.24, 2.45) is 10.4 Å². The molecule has 0 amide bonds. The van der Waals surface area contributed by atoms with Gasteiger partial charge in [-0.2, -0.15) is 0 Å². The van der Waals surface area contributed by atoms with Gasteiger partial charge in [-0.1, -0.05) is 20.8 Å². The van der Waals surface area contributed by atoms with E-state index in [1.807, 2.05) is 0 Å². The Morgan fingerprint density at radius 1 is 1.16 bits per heavy atom. The van der Waals surface area contributed by atoms with Gasteiger partial charge in [-0.15, -0.1) is 24.0 Å². The third-order valence-corrected chi connectivity index (χ3v) is 5.53. The molecule has 0 aromatic carbocycles. The third-order valence-electron chi connectivity index (χ3n) is 5.53. The van der Waals surface area contributed by atoms with Gasteiger partial charge in [0.2, 0.25) is 0 Å². The fraction of sp³-hybridized carbons (Fsp3) is 0.947. The molecule has 0 unspecified atom stereocenters. The summed E-state index contributed by atoms with van der Waals surface area (Å²) in [6.07, 6.45) is 6.56. The van der Waals surface area contributed by atoms with Gasteiger partial charge >= 0.3 is 0 Å². The van der Waals surface area contributed by atoms with Gasteiger partial charge in [0.25, 0.3) is 0 Å². The van der Waals surface area contributed by atoms with Crippen molar-refractivity contribution >= 4 is 29.9 Å². The Morgan fingerprint density at radius 3 is 2.28 bits per heavy atom. The number of rotatable bonds is 10. The number of nitrogens with zero attached hydrogens (tertiary/aromatic N) is 2. The minimum atomic E-state index is 0. The van der Waals surface area contributed by atoms with Gasteiger partial charge in [-0.25, -0.2) is 0 Å². The van der Waals surface area contributed by atoms with Crippen LogP contribution < -0.4 is 10.6 Å². The molecule has 6 heteroatoms. The van der Waals surface area contributed by atoms with Gasteiger partial charge in [-0.05, 0) is 57.4 Å². The third kappa shape index (κ3) is 8.91. The fourth-order valence-corrected chi connectivity index (χ4v) is 3.52. The van der Waals surface area contributed by atoms with E-state index in [0.717, 1.165) is 38.3 Å². The molecule has 1 heterocycles. The molecule has 0 bridgehead atoms. The normalized spacial score (nSPS) is 17.2. The number of piperidine rings is 1. The van der Waals surface area contributed by atoms with Gasteiger partial charge in [0.15, 0.2) is 5.96 Å². The highest BCUT2D eigenvalue weighted by atomic mass is 127. The largest absolute Gasteiger partial charge is 0.396 e. The maximum absolute atomic E-state index is 9.38. The Hall–Kier alpha value is -0.0800. The molecule has 3 N–H and O–H groups in total. The zero-order chi connectivity index (χ0) is 17.8. The standard InChI is InChI=1S/C19H40N4O.HI/c1-5-12-23-13-9-17(10-14-23)22-18(20-8-4)21-16-19(6-2,7-3)11-15-24;/h17,24H,5-16H2,1-4H3,(H2,20,21,22);1H. The number of guanidine groups is 1. The van der Waals surface area contributed by atoms with Crippen molar-refractivity contribution in [3.8, 4) is 0 Å². The number of halogens is 1. The Morgan fingerprint density at radius 2 is 1.80 bits per heavy atom. The predicted octanol–water partition coefficient (Wildman–Crippen LogP) is 3.22. The SMILES string of the molecule is CCCN1CCC(NC(=NCC(CC)(CC)CCO)NCC)CC1.I. The predicted molar refractivity (Wildman–Crippen MR) is 119 cm³/mol. The van der Waals surface area contributed by atoms with E-state index < -0.39 is 0 Å². The van der Waals surface area contributed by atoms with E-state index in [4.69, 9.17) is 4.99 Å². The van der Waals surface area contributed by atoms with E-state index in [-0.39, 0.29) is 36.0 Å². The van der Waals surface area contributed by atoms with E-state index in [2.05, 4.69) is 43.2 Å². The molecule has 150 valence electrons. The average molecular weight is 468 g/mol. The van der Waals surface area contributed by atoms with Crippen molar-refractivity contribution < 1.29 is 5.11 Å². The molecule has 0 aromatic heterocycles. The van der Waals surface area contributed by atoms with Crippen molar-refractivity contribution in [3.05, 3.63) is 0 Å². The molecule has 1 fully saturated rings. The molecule has 1 aliphatic rings. The second kappa shape index (κ2) is 14.0. The Kier molecular flexibility index (Phi) is 14.0.